The molecule has 11 atom stereocenters. The van der Waals surface area contributed by atoms with Crippen LogP contribution in [0.1, 0.15) is 89.5 Å². The van der Waals surface area contributed by atoms with Crippen LogP contribution < -0.4 is 0 Å². The molecule has 1 saturated heterocycles. The van der Waals surface area contributed by atoms with Gasteiger partial charge in [-0.2, -0.15) is 0 Å². The number of epoxide rings is 1. The number of carbonyl (C=O) groups is 7. The van der Waals surface area contributed by atoms with Crippen LogP contribution in [0.3, 0.4) is 0 Å². The molecule has 0 N–H and O–H groups in total. The van der Waals surface area contributed by atoms with Gasteiger partial charge in [0, 0.05) is 65.9 Å². The van der Waals surface area contributed by atoms with Gasteiger partial charge in [0.2, 0.25) is 0 Å². The van der Waals surface area contributed by atoms with Crippen LogP contribution in [-0.4, -0.2) is 102 Å². The largest absolute Gasteiger partial charge is 0.458 e. The van der Waals surface area contributed by atoms with Crippen molar-refractivity contribution in [1.29, 1.82) is 0 Å². The Kier molecular flexibility index (Phi) is 12.6. The van der Waals surface area contributed by atoms with Crippen molar-refractivity contribution in [3.05, 3.63) is 12.2 Å². The molecule has 3 rings (SSSR count). The Morgan fingerprint density at radius 2 is 1.27 bits per heavy atom. The molecule has 0 radical (unpaired) electrons. The first-order chi connectivity index (χ1) is 23.4. The Labute approximate surface area is 298 Å². The van der Waals surface area contributed by atoms with Crippen LogP contribution in [0.15, 0.2) is 12.2 Å². The zero-order chi connectivity index (χ0) is 39.0. The molecule has 0 amide bonds. The first-order valence-corrected chi connectivity index (χ1v) is 17.0. The Morgan fingerprint density at radius 1 is 0.765 bits per heavy atom. The average molecular weight is 725 g/mol. The van der Waals surface area contributed by atoms with Crippen molar-refractivity contribution in [2.45, 2.75) is 143 Å². The van der Waals surface area contributed by atoms with Crippen LogP contribution in [-0.2, 0) is 71.5 Å². The van der Waals surface area contributed by atoms with E-state index in [1.807, 2.05) is 13.8 Å². The summed E-state index contributed by atoms with van der Waals surface area (Å²) in [4.78, 5) is 91.9. The minimum Gasteiger partial charge on any atom is -0.458 e. The second-order valence-electron chi connectivity index (χ2n) is 15.0. The molecular weight excluding hydrogens is 672 g/mol. The molecule has 2 aliphatic carbocycles. The van der Waals surface area contributed by atoms with Crippen molar-refractivity contribution in [2.75, 3.05) is 6.61 Å². The smallest absolute Gasteiger partial charge is 0.303 e. The highest BCUT2D eigenvalue weighted by Crippen LogP contribution is 2.56. The summed E-state index contributed by atoms with van der Waals surface area (Å²) in [6.45, 7) is 21.1. The van der Waals surface area contributed by atoms with E-state index in [1.54, 1.807) is 20.8 Å². The Morgan fingerprint density at radius 3 is 1.75 bits per heavy atom. The summed E-state index contributed by atoms with van der Waals surface area (Å²) in [5, 5.41) is 0. The van der Waals surface area contributed by atoms with Gasteiger partial charge < -0.3 is 37.9 Å². The molecule has 2 saturated carbocycles. The molecule has 15 heteroatoms. The lowest BCUT2D eigenvalue weighted by molar-refractivity contribution is -0.198. The maximum Gasteiger partial charge on any atom is 0.303 e. The van der Waals surface area contributed by atoms with E-state index in [1.165, 1.54) is 13.8 Å². The third-order valence-corrected chi connectivity index (χ3v) is 9.54. The lowest BCUT2D eigenvalue weighted by atomic mass is 9.69. The van der Waals surface area contributed by atoms with E-state index in [0.717, 1.165) is 34.6 Å². The highest BCUT2D eigenvalue weighted by Gasteiger charge is 2.74. The molecule has 15 nitrogen and oxygen atoms in total. The van der Waals surface area contributed by atoms with Crippen LogP contribution >= 0.6 is 0 Å². The topological polar surface area (TPSA) is 197 Å². The van der Waals surface area contributed by atoms with Gasteiger partial charge in [-0.05, 0) is 18.4 Å². The quantitative estimate of drug-likeness (QED) is 0.146. The molecule has 3 aliphatic rings. The van der Waals surface area contributed by atoms with Gasteiger partial charge in [-0.25, -0.2) is 0 Å². The molecule has 1 heterocycles. The number of Topliss-reactive ketones (excluding diaryl/α,β-unsaturated/α-hetero) is 1. The lowest BCUT2D eigenvalue weighted by Crippen LogP contribution is -2.60. The van der Waals surface area contributed by atoms with Gasteiger partial charge in [-0.3, -0.25) is 33.6 Å². The van der Waals surface area contributed by atoms with Gasteiger partial charge in [0.1, 0.15) is 18.3 Å². The minimum atomic E-state index is -2.28. The summed E-state index contributed by atoms with van der Waals surface area (Å²) in [7, 11) is 0. The summed E-state index contributed by atoms with van der Waals surface area (Å²) >= 11 is 0. The van der Waals surface area contributed by atoms with E-state index in [9.17, 15) is 28.8 Å². The third kappa shape index (κ3) is 8.79. The monoisotopic (exact) mass is 724 g/mol. The van der Waals surface area contributed by atoms with Gasteiger partial charge >= 0.3 is 35.8 Å². The summed E-state index contributed by atoms with van der Waals surface area (Å²) in [6, 6.07) is 0. The predicted molar refractivity (Wildman–Crippen MR) is 175 cm³/mol. The molecule has 286 valence electrons. The SMILES string of the molecule is C=C1[C@H](OCC(C)C)[C@H](OC(C)=O)[C@@H](OC(C)=O)C(C)(C)[C@@H]2O[C@H]2[C@@H](C)C(=O)[C@@]2(OC(C)=O)C[C@@](C)(OC(C)=O)[C@H](OC(C)=O)[C@@H]2[C@H]1OC(C)=O. The van der Waals surface area contributed by atoms with Gasteiger partial charge in [0.15, 0.2) is 29.2 Å². The van der Waals surface area contributed by atoms with Gasteiger partial charge in [-0.15, -0.1) is 0 Å². The van der Waals surface area contributed by atoms with Crippen LogP contribution in [0, 0.1) is 23.2 Å². The van der Waals surface area contributed by atoms with E-state index in [0.29, 0.717) is 0 Å². The Hall–Kier alpha value is -3.85. The summed E-state index contributed by atoms with van der Waals surface area (Å²) in [5.74, 6) is -8.45. The highest BCUT2D eigenvalue weighted by molar-refractivity contribution is 5.93. The van der Waals surface area contributed by atoms with Crippen LogP contribution in [0.5, 0.6) is 0 Å². The fraction of sp³-hybridized carbons (Fsp3) is 0.750. The number of ether oxygens (including phenoxy) is 8. The summed E-state index contributed by atoms with van der Waals surface area (Å²) in [6.07, 6.45) is -9.59. The fourth-order valence-electron chi connectivity index (χ4n) is 7.75. The number of hydrogen-bond acceptors (Lipinski definition) is 15. The molecular formula is C36H52O15. The van der Waals surface area contributed by atoms with Crippen LogP contribution in [0.25, 0.3) is 0 Å². The predicted octanol–water partition coefficient (Wildman–Crippen LogP) is 2.97. The fourth-order valence-corrected chi connectivity index (χ4v) is 7.75. The van der Waals surface area contributed by atoms with Crippen LogP contribution in [0.4, 0.5) is 0 Å². The average Bonchev–Trinajstić information content (AvgIpc) is 3.74. The molecule has 0 unspecified atom stereocenters. The van der Waals surface area contributed by atoms with Crippen molar-refractivity contribution in [2.24, 2.45) is 23.2 Å². The third-order valence-electron chi connectivity index (χ3n) is 9.54. The van der Waals surface area contributed by atoms with Gasteiger partial charge in [0.05, 0.1) is 18.1 Å². The number of hydrogen-bond donors (Lipinski definition) is 0. The lowest BCUT2D eigenvalue weighted by Gasteiger charge is -2.45. The van der Waals surface area contributed by atoms with Crippen molar-refractivity contribution in [1.82, 2.24) is 0 Å². The minimum absolute atomic E-state index is 0.0261. The van der Waals surface area contributed by atoms with Crippen molar-refractivity contribution < 1.29 is 71.5 Å². The molecule has 0 aromatic rings. The standard InChI is InChI=1S/C36H52O15/c1-16(2)14-44-27-17(3)26(45-19(5)37)25-31(47-21(7)39)35(13,50-23(9)41)15-36(25,51-24(10)42)30(43)18(4)28-32(49-28)34(11,12)33(48-22(8)40)29(27)46-20(6)38/h16,18,25-29,31-33H,3,14-15H2,1-2,4-13H3/t18-,25+,26+,27+,28+,29+,31-,32-,33-,35-,36-/m1/s1. The zero-order valence-corrected chi connectivity index (χ0v) is 31.5. The van der Waals surface area contributed by atoms with E-state index in [4.69, 9.17) is 37.9 Å². The molecule has 1 aliphatic heterocycles. The summed E-state index contributed by atoms with van der Waals surface area (Å²) in [5.41, 5.74) is -5.41. The highest BCUT2D eigenvalue weighted by atomic mass is 16.6. The zero-order valence-electron chi connectivity index (χ0n) is 31.5. The van der Waals surface area contributed by atoms with E-state index >= 15 is 4.79 Å². The molecule has 51 heavy (non-hydrogen) atoms. The number of ketones is 1. The number of esters is 6. The first kappa shape index (κ1) is 41.6. The molecule has 3 fully saturated rings. The van der Waals surface area contributed by atoms with E-state index in [-0.39, 0.29) is 18.1 Å². The van der Waals surface area contributed by atoms with Crippen molar-refractivity contribution in [3.63, 3.8) is 0 Å². The van der Waals surface area contributed by atoms with Crippen molar-refractivity contribution >= 4 is 41.6 Å². The van der Waals surface area contributed by atoms with Gasteiger partial charge in [-0.1, -0.05) is 41.2 Å². The number of carbonyl (C=O) groups excluding carboxylic acids is 7. The molecule has 0 bridgehead atoms. The summed E-state index contributed by atoms with van der Waals surface area (Å²) < 4.78 is 47.9. The second kappa shape index (κ2) is 15.4. The second-order valence-corrected chi connectivity index (χ2v) is 15.0. The van der Waals surface area contributed by atoms with Crippen molar-refractivity contribution in [3.8, 4) is 0 Å². The number of fused-ring (bicyclic) bond motifs is 2. The van der Waals surface area contributed by atoms with E-state index in [2.05, 4.69) is 6.58 Å². The van der Waals surface area contributed by atoms with Crippen LogP contribution in [0.2, 0.25) is 0 Å². The number of rotatable bonds is 9. The maximum atomic E-state index is 15.1. The first-order valence-electron chi connectivity index (χ1n) is 17.0. The van der Waals surface area contributed by atoms with Gasteiger partial charge in [0.25, 0.3) is 0 Å². The molecule has 0 aromatic heterocycles. The molecule has 0 spiro atoms. The normalized spacial score (nSPS) is 35.9. The Balaban J connectivity index is 2.54. The molecule has 0 aromatic carbocycles. The van der Waals surface area contributed by atoms with E-state index < -0.39 is 119 Å². The Bertz CT molecular complexity index is 1430. The maximum absolute atomic E-state index is 15.1.